The van der Waals surface area contributed by atoms with E-state index >= 15 is 0 Å². The lowest BCUT2D eigenvalue weighted by atomic mass is 11.6. The second kappa shape index (κ2) is 5.19. The SMILES string of the molecule is O=S(=O)(O[Si](Cl)(Cl)OS(=O)(=O)C(F)(F)F)C(F)(F)F. The van der Waals surface area contributed by atoms with Crippen LogP contribution in [0.5, 0.6) is 0 Å². The van der Waals surface area contributed by atoms with Crippen LogP contribution in [0.1, 0.15) is 0 Å². The maximum Gasteiger partial charge on any atom is 0.581 e. The quantitative estimate of drug-likeness (QED) is 0.310. The van der Waals surface area contributed by atoms with Crippen LogP contribution in [0.25, 0.3) is 0 Å². The number of hydrogen-bond donors (Lipinski definition) is 0. The summed E-state index contributed by atoms with van der Waals surface area (Å²) in [6.45, 7) is 0. The summed E-state index contributed by atoms with van der Waals surface area (Å²) in [6.07, 6.45) is 0. The number of halogens is 8. The van der Waals surface area contributed by atoms with Gasteiger partial charge in [-0.05, 0) is 0 Å². The highest BCUT2D eigenvalue weighted by Crippen LogP contribution is 2.35. The van der Waals surface area contributed by atoms with Crippen LogP contribution in [0, 0.1) is 0 Å². The molecule has 0 N–H and O–H groups in total. The van der Waals surface area contributed by atoms with E-state index in [1.165, 1.54) is 0 Å². The molecule has 17 heteroatoms. The Balaban J connectivity index is 5.27. The Morgan fingerprint density at radius 1 is 0.737 bits per heavy atom. The van der Waals surface area contributed by atoms with E-state index in [4.69, 9.17) is 0 Å². The van der Waals surface area contributed by atoms with Gasteiger partial charge in [0.25, 0.3) is 0 Å². The highest BCUT2D eigenvalue weighted by molar-refractivity contribution is 7.92. The Morgan fingerprint density at radius 2 is 0.947 bits per heavy atom. The van der Waals surface area contributed by atoms with Gasteiger partial charge < -0.3 is 0 Å². The Bertz CT molecular complexity index is 485. The third-order valence-electron chi connectivity index (χ3n) is 0.980. The van der Waals surface area contributed by atoms with Gasteiger partial charge in [0.1, 0.15) is 0 Å². The smallest absolute Gasteiger partial charge is 0.249 e. The van der Waals surface area contributed by atoms with Crippen molar-refractivity contribution >= 4 is 49.6 Å². The highest BCUT2D eigenvalue weighted by Gasteiger charge is 2.59. The minimum absolute atomic E-state index is 2.94. The highest BCUT2D eigenvalue weighted by atomic mass is 35.7. The summed E-state index contributed by atoms with van der Waals surface area (Å²) in [7, 11) is -18.9. The predicted octanol–water partition coefficient (Wildman–Crippen LogP) is 1.63. The van der Waals surface area contributed by atoms with E-state index in [0.29, 0.717) is 0 Å². The fourth-order valence-corrected chi connectivity index (χ4v) is 6.51. The van der Waals surface area contributed by atoms with Gasteiger partial charge in [-0.3, -0.25) is 0 Å². The molecule has 0 rings (SSSR count). The molecule has 0 aromatic carbocycles. The van der Waals surface area contributed by atoms with Gasteiger partial charge in [-0.15, -0.1) is 0 Å². The van der Waals surface area contributed by atoms with Crippen LogP contribution in [0.4, 0.5) is 26.3 Å². The zero-order valence-electron chi connectivity index (χ0n) is 7.79. The van der Waals surface area contributed by atoms with Crippen molar-refractivity contribution in [1.29, 1.82) is 0 Å². The maximum absolute atomic E-state index is 11.8. The third kappa shape index (κ3) is 5.24. The molecular formula is C2Cl2F6O6S2Si. The molecule has 0 aliphatic carbocycles. The van der Waals surface area contributed by atoms with Gasteiger partial charge >= 0.3 is 38.4 Å². The molecule has 0 aromatic rings. The van der Waals surface area contributed by atoms with E-state index in [-0.39, 0.29) is 0 Å². The molecule has 0 radical (unpaired) electrons. The van der Waals surface area contributed by atoms with Crippen molar-refractivity contribution < 1.29 is 50.9 Å². The molecule has 0 saturated carbocycles. The number of rotatable bonds is 4. The molecule has 0 spiro atoms. The summed E-state index contributed by atoms with van der Waals surface area (Å²) in [5.74, 6) is 0. The van der Waals surface area contributed by atoms with Crippen molar-refractivity contribution in [3.8, 4) is 0 Å². The molecule has 0 fully saturated rings. The fourth-order valence-electron chi connectivity index (χ4n) is 0.364. The fraction of sp³-hybridized carbons (Fsp3) is 1.00. The normalized spacial score (nSPS) is 15.6. The summed E-state index contributed by atoms with van der Waals surface area (Å²) in [4.78, 5) is 0. The van der Waals surface area contributed by atoms with Crippen molar-refractivity contribution in [2.75, 3.05) is 0 Å². The lowest BCUT2D eigenvalue weighted by Crippen LogP contribution is -2.42. The Hall–Kier alpha value is 0.197. The first-order valence-corrected chi connectivity index (χ1v) is 9.99. The third-order valence-corrected chi connectivity index (χ3v) is 7.69. The molecule has 0 aliphatic heterocycles. The van der Waals surface area contributed by atoms with Crippen molar-refractivity contribution in [3.05, 3.63) is 0 Å². The monoisotopic (exact) mass is 396 g/mol. The molecule has 0 atom stereocenters. The molecule has 6 nitrogen and oxygen atoms in total. The standard InChI is InChI=1S/C2Cl2F6O6S2Si/c3-19(4,15-17(11,12)1(5,6)7)16-18(13,14)2(8,9)10. The minimum atomic E-state index is -6.53. The molecule has 0 aromatic heterocycles. The van der Waals surface area contributed by atoms with Gasteiger partial charge in [0.15, 0.2) is 0 Å². The lowest BCUT2D eigenvalue weighted by molar-refractivity contribution is -0.0524. The molecule has 0 aliphatic rings. The molecule has 0 bridgehead atoms. The van der Waals surface area contributed by atoms with Gasteiger partial charge in [-0.2, -0.15) is 43.2 Å². The zero-order chi connectivity index (χ0) is 15.9. The van der Waals surface area contributed by atoms with Crippen molar-refractivity contribution in [2.24, 2.45) is 0 Å². The molecule has 116 valence electrons. The average molecular weight is 397 g/mol. The average Bonchev–Trinajstić information content (AvgIpc) is 1.93. The van der Waals surface area contributed by atoms with Crippen LogP contribution >= 0.6 is 22.2 Å². The molecule has 0 heterocycles. The van der Waals surface area contributed by atoms with Crippen molar-refractivity contribution in [3.63, 3.8) is 0 Å². The van der Waals surface area contributed by atoms with E-state index in [9.17, 15) is 43.2 Å². The van der Waals surface area contributed by atoms with Crippen LogP contribution < -0.4 is 0 Å². The van der Waals surface area contributed by atoms with Crippen LogP contribution in [0.3, 0.4) is 0 Å². The molecular weight excluding hydrogens is 397 g/mol. The summed E-state index contributed by atoms with van der Waals surface area (Å²) in [6, 6.07) is 0. The van der Waals surface area contributed by atoms with Crippen LogP contribution in [0.15, 0.2) is 0 Å². The van der Waals surface area contributed by atoms with Crippen LogP contribution in [-0.2, 0) is 28.0 Å². The first-order chi connectivity index (χ1) is 7.91. The summed E-state index contributed by atoms with van der Waals surface area (Å²) >= 11 is 9.24. The second-order valence-corrected chi connectivity index (χ2v) is 11.0. The first kappa shape index (κ1) is 19.2. The van der Waals surface area contributed by atoms with Gasteiger partial charge in [0.05, 0.1) is 0 Å². The summed E-state index contributed by atoms with van der Waals surface area (Å²) in [5.41, 5.74) is -12.2. The molecule has 19 heavy (non-hydrogen) atoms. The second-order valence-electron chi connectivity index (χ2n) is 2.43. The van der Waals surface area contributed by atoms with E-state index in [0.717, 1.165) is 0 Å². The largest absolute Gasteiger partial charge is 0.581 e. The Morgan fingerprint density at radius 3 is 1.11 bits per heavy atom. The Kier molecular flexibility index (Phi) is 5.25. The molecule has 0 unspecified atom stereocenters. The van der Waals surface area contributed by atoms with E-state index in [1.807, 2.05) is 0 Å². The number of hydrogen-bond acceptors (Lipinski definition) is 6. The number of alkyl halides is 6. The van der Waals surface area contributed by atoms with Crippen molar-refractivity contribution in [1.82, 2.24) is 0 Å². The maximum atomic E-state index is 11.8. The van der Waals surface area contributed by atoms with E-state index in [2.05, 4.69) is 29.9 Å². The van der Waals surface area contributed by atoms with Gasteiger partial charge in [0.2, 0.25) is 0 Å². The van der Waals surface area contributed by atoms with Crippen molar-refractivity contribution in [2.45, 2.75) is 11.0 Å². The zero-order valence-corrected chi connectivity index (χ0v) is 11.9. The van der Waals surface area contributed by atoms with Gasteiger partial charge in [0, 0.05) is 0 Å². The lowest BCUT2D eigenvalue weighted by Gasteiger charge is -2.18. The van der Waals surface area contributed by atoms with Gasteiger partial charge in [-0.1, -0.05) is 22.2 Å². The first-order valence-electron chi connectivity index (χ1n) is 3.33. The van der Waals surface area contributed by atoms with Crippen LogP contribution in [-0.4, -0.2) is 35.0 Å². The Labute approximate surface area is 112 Å². The molecule has 0 amide bonds. The summed E-state index contributed by atoms with van der Waals surface area (Å²) < 4.78 is 118. The van der Waals surface area contributed by atoms with E-state index < -0.39 is 38.4 Å². The predicted molar refractivity (Wildman–Crippen MR) is 49.6 cm³/mol. The minimum Gasteiger partial charge on any atom is -0.249 e. The molecule has 0 saturated heterocycles. The van der Waals surface area contributed by atoms with Crippen LogP contribution in [0.2, 0.25) is 0 Å². The van der Waals surface area contributed by atoms with E-state index in [1.54, 1.807) is 0 Å². The topological polar surface area (TPSA) is 86.7 Å². The van der Waals surface area contributed by atoms with Gasteiger partial charge in [-0.25, -0.2) is 7.74 Å². The summed E-state index contributed by atoms with van der Waals surface area (Å²) in [5, 5.41) is 0.